The number of amides is 3. The van der Waals surface area contributed by atoms with Crippen LogP contribution in [0.4, 0.5) is 0 Å². The van der Waals surface area contributed by atoms with E-state index in [1.807, 2.05) is 60.7 Å². The van der Waals surface area contributed by atoms with E-state index in [1.165, 1.54) is 0 Å². The molecule has 3 aliphatic rings. The lowest BCUT2D eigenvalue weighted by Crippen LogP contribution is -2.72. The van der Waals surface area contributed by atoms with Gasteiger partial charge in [0.05, 0.1) is 19.4 Å². The second kappa shape index (κ2) is 12.1. The van der Waals surface area contributed by atoms with Crippen LogP contribution < -0.4 is 16.0 Å². The number of carbonyl (C=O) groups is 4. The predicted molar refractivity (Wildman–Crippen MR) is 141 cm³/mol. The number of rotatable bonds is 8. The van der Waals surface area contributed by atoms with Crippen LogP contribution in [-0.2, 0) is 41.7 Å². The van der Waals surface area contributed by atoms with Crippen LogP contribution in [0, 0.1) is 11.1 Å². The summed E-state index contributed by atoms with van der Waals surface area (Å²) < 4.78 is 9.89. The molecule has 3 aliphatic heterocycles. The maximum Gasteiger partial charge on any atom is 0.310 e. The molecule has 12 nitrogen and oxygen atoms in total. The lowest BCUT2D eigenvalue weighted by atomic mass is 10.1. The number of cyclic esters (lactones) is 1. The fourth-order valence-electron chi connectivity index (χ4n) is 5.33. The molecule has 12 heteroatoms. The molecule has 3 N–H and O–H groups in total. The topological polar surface area (TPSA) is 149 Å². The Balaban J connectivity index is 1.25. The number of nitrogens with zero attached hydrogens (tertiary/aromatic N) is 2. The molecule has 5 atom stereocenters. The standard InChI is InChI=1S/C28H33N5O7/c34-24(13-19-7-3-1-4-8-19)31-23-11-12-25(35)32-18-29-15-21(16-33(23,32)38)27(37)30-22-14-26(36)40-28(22)39-17-20-9-5-2-6-10-20/h1-10,21-23,28-29H,11-18H2,(H,30,37)(H,31,34). The molecule has 0 bridgehead atoms. The van der Waals surface area contributed by atoms with E-state index in [-0.39, 0.29) is 63.9 Å². The quantitative estimate of drug-likeness (QED) is 0.246. The Kier molecular flexibility index (Phi) is 8.40. The Morgan fingerprint density at radius 1 is 1.05 bits per heavy atom. The predicted octanol–water partition coefficient (Wildman–Crippen LogP) is 0.675. The van der Waals surface area contributed by atoms with Crippen molar-refractivity contribution in [1.29, 1.82) is 0 Å². The van der Waals surface area contributed by atoms with Crippen molar-refractivity contribution in [3.05, 3.63) is 77.0 Å². The van der Waals surface area contributed by atoms with E-state index in [0.717, 1.165) is 16.1 Å². The third kappa shape index (κ3) is 6.31. The Bertz CT molecular complexity index is 1230. The fraction of sp³-hybridized carbons (Fsp3) is 0.429. The number of hydroxylamine groups is 2. The molecule has 0 aromatic heterocycles. The second-order valence-corrected chi connectivity index (χ2v) is 10.3. The third-order valence-electron chi connectivity index (χ3n) is 7.40. The number of ether oxygens (including phenoxy) is 2. The highest BCUT2D eigenvalue weighted by Gasteiger charge is 2.48. The minimum atomic E-state index is -1.17. The van der Waals surface area contributed by atoms with Crippen molar-refractivity contribution in [3.63, 3.8) is 0 Å². The molecule has 0 saturated carbocycles. The van der Waals surface area contributed by atoms with Crippen LogP contribution in [0.1, 0.15) is 30.4 Å². The molecule has 5 rings (SSSR count). The number of benzene rings is 2. The van der Waals surface area contributed by atoms with E-state index in [4.69, 9.17) is 9.47 Å². The van der Waals surface area contributed by atoms with Crippen molar-refractivity contribution in [2.24, 2.45) is 5.92 Å². The lowest BCUT2D eigenvalue weighted by Gasteiger charge is -2.55. The molecule has 40 heavy (non-hydrogen) atoms. The summed E-state index contributed by atoms with van der Waals surface area (Å²) in [7, 11) is 0. The van der Waals surface area contributed by atoms with E-state index >= 15 is 0 Å². The van der Waals surface area contributed by atoms with Gasteiger partial charge in [0.25, 0.3) is 5.91 Å². The largest absolute Gasteiger partial charge is 0.604 e. The zero-order chi connectivity index (χ0) is 28.1. The summed E-state index contributed by atoms with van der Waals surface area (Å²) in [6.45, 7) is 0.0145. The van der Waals surface area contributed by atoms with Crippen molar-refractivity contribution in [2.75, 3.05) is 19.8 Å². The van der Waals surface area contributed by atoms with Crippen molar-refractivity contribution >= 4 is 23.7 Å². The number of quaternary nitrogens is 1. The lowest BCUT2D eigenvalue weighted by molar-refractivity contribution is -1.01. The van der Waals surface area contributed by atoms with Crippen molar-refractivity contribution in [1.82, 2.24) is 21.0 Å². The van der Waals surface area contributed by atoms with Crippen LogP contribution >= 0.6 is 0 Å². The van der Waals surface area contributed by atoms with E-state index in [2.05, 4.69) is 16.0 Å². The SMILES string of the molecule is O=C(Cc1ccccc1)NC1CCC(=O)N2CNCC(C(=O)NC3CC(=O)OC3OCc3ccccc3)C[N+]12[O-]. The molecule has 3 fully saturated rings. The highest BCUT2D eigenvalue weighted by molar-refractivity contribution is 5.82. The van der Waals surface area contributed by atoms with Crippen molar-refractivity contribution < 1.29 is 33.4 Å². The molecule has 0 radical (unpaired) electrons. The number of fused-ring (bicyclic) bond motifs is 1. The summed E-state index contributed by atoms with van der Waals surface area (Å²) >= 11 is 0. The van der Waals surface area contributed by atoms with Crippen LogP contribution in [0.2, 0.25) is 0 Å². The number of carbonyl (C=O) groups excluding carboxylic acids is 4. The summed E-state index contributed by atoms with van der Waals surface area (Å²) in [4.78, 5) is 51.0. The van der Waals surface area contributed by atoms with Gasteiger partial charge in [-0.15, -0.1) is 0 Å². The van der Waals surface area contributed by atoms with Gasteiger partial charge in [0.15, 0.2) is 6.17 Å². The Labute approximate surface area is 231 Å². The minimum Gasteiger partial charge on any atom is -0.604 e. The van der Waals surface area contributed by atoms with E-state index in [9.17, 15) is 24.4 Å². The molecular weight excluding hydrogens is 518 g/mol. The van der Waals surface area contributed by atoms with E-state index in [1.54, 1.807) is 0 Å². The Morgan fingerprint density at radius 2 is 1.75 bits per heavy atom. The first-order valence-corrected chi connectivity index (χ1v) is 13.4. The molecule has 3 amide bonds. The van der Waals surface area contributed by atoms with Gasteiger partial charge in [0.2, 0.25) is 18.1 Å². The molecule has 0 aliphatic carbocycles. The molecule has 2 aromatic carbocycles. The minimum absolute atomic E-state index is 0.0506. The summed E-state index contributed by atoms with van der Waals surface area (Å²) in [6, 6.07) is 17.8. The molecule has 5 unspecified atom stereocenters. The monoisotopic (exact) mass is 551 g/mol. The van der Waals surface area contributed by atoms with Gasteiger partial charge in [-0.3, -0.25) is 24.5 Å². The van der Waals surface area contributed by atoms with Crippen LogP contribution in [0.25, 0.3) is 0 Å². The first kappa shape index (κ1) is 27.7. The van der Waals surface area contributed by atoms with Gasteiger partial charge < -0.3 is 25.3 Å². The van der Waals surface area contributed by atoms with Crippen molar-refractivity contribution in [2.45, 2.75) is 50.8 Å². The summed E-state index contributed by atoms with van der Waals surface area (Å²) in [5.74, 6) is -2.49. The maximum absolute atomic E-state index is 14.3. The maximum atomic E-state index is 14.3. The van der Waals surface area contributed by atoms with Crippen LogP contribution in [-0.4, -0.2) is 71.7 Å². The second-order valence-electron chi connectivity index (χ2n) is 10.3. The normalized spacial score (nSPS) is 28.3. The van der Waals surface area contributed by atoms with Crippen LogP contribution in [0.5, 0.6) is 0 Å². The van der Waals surface area contributed by atoms with E-state index in [0.29, 0.717) is 0 Å². The summed E-state index contributed by atoms with van der Waals surface area (Å²) in [6.07, 6.45) is -1.60. The number of nitrogens with one attached hydrogen (secondary N) is 3. The average Bonchev–Trinajstić information content (AvgIpc) is 3.17. The summed E-state index contributed by atoms with van der Waals surface area (Å²) in [5.41, 5.74) is 1.69. The molecule has 2 aromatic rings. The molecule has 0 spiro atoms. The Hall–Kier alpha value is -3.84. The first-order valence-electron chi connectivity index (χ1n) is 13.4. The Morgan fingerprint density at radius 3 is 2.48 bits per heavy atom. The molecule has 3 heterocycles. The van der Waals surface area contributed by atoms with Gasteiger partial charge in [-0.1, -0.05) is 60.7 Å². The molecular formula is C28H33N5O7. The molecule has 3 saturated heterocycles. The zero-order valence-electron chi connectivity index (χ0n) is 22.0. The zero-order valence-corrected chi connectivity index (χ0v) is 22.0. The van der Waals surface area contributed by atoms with Crippen LogP contribution in [0.3, 0.4) is 0 Å². The number of esters is 1. The van der Waals surface area contributed by atoms with Gasteiger partial charge >= 0.3 is 5.97 Å². The fourth-order valence-corrected chi connectivity index (χ4v) is 5.33. The van der Waals surface area contributed by atoms with Gasteiger partial charge in [-0.05, 0) is 11.1 Å². The average molecular weight is 552 g/mol. The van der Waals surface area contributed by atoms with Gasteiger partial charge in [0, 0.05) is 19.4 Å². The summed E-state index contributed by atoms with van der Waals surface area (Å²) in [5, 5.41) is 24.1. The van der Waals surface area contributed by atoms with Gasteiger partial charge in [-0.25, -0.2) is 4.76 Å². The number of hydrogen-bond acceptors (Lipinski definition) is 8. The highest BCUT2D eigenvalue weighted by atomic mass is 16.7. The van der Waals surface area contributed by atoms with E-state index < -0.39 is 41.0 Å². The smallest absolute Gasteiger partial charge is 0.310 e. The van der Waals surface area contributed by atoms with Gasteiger partial charge in [-0.2, -0.15) is 5.01 Å². The van der Waals surface area contributed by atoms with Gasteiger partial charge in [0.1, 0.15) is 25.2 Å². The van der Waals surface area contributed by atoms with Crippen LogP contribution in [0.15, 0.2) is 60.7 Å². The molecule has 212 valence electrons. The number of hydrogen-bond donors (Lipinski definition) is 3. The third-order valence-corrected chi connectivity index (χ3v) is 7.40. The van der Waals surface area contributed by atoms with Crippen molar-refractivity contribution in [3.8, 4) is 0 Å². The first-order chi connectivity index (χ1) is 19.3. The highest BCUT2D eigenvalue weighted by Crippen LogP contribution is 2.29.